The molecule has 0 N–H and O–H groups in total. The summed E-state index contributed by atoms with van der Waals surface area (Å²) < 4.78 is 11.6. The molecule has 90 valence electrons. The summed E-state index contributed by atoms with van der Waals surface area (Å²) in [5, 5.41) is 0. The van der Waals surface area contributed by atoms with Crippen LogP contribution in [0.2, 0.25) is 0 Å². The van der Waals surface area contributed by atoms with Crippen molar-refractivity contribution in [2.24, 2.45) is 5.41 Å². The largest absolute Gasteiger partial charge is 0.352 e. The molecule has 1 aliphatic heterocycles. The van der Waals surface area contributed by atoms with E-state index in [1.54, 1.807) is 7.11 Å². The lowest BCUT2D eigenvalue weighted by Gasteiger charge is -2.47. The summed E-state index contributed by atoms with van der Waals surface area (Å²) in [7, 11) is 1.65. The molecular formula is C13H20O3. The van der Waals surface area contributed by atoms with Gasteiger partial charge in [0.2, 0.25) is 0 Å². The van der Waals surface area contributed by atoms with Gasteiger partial charge in [-0.1, -0.05) is 6.08 Å². The van der Waals surface area contributed by atoms with Crippen molar-refractivity contribution in [3.8, 4) is 0 Å². The topological polar surface area (TPSA) is 35.5 Å². The fourth-order valence-electron chi connectivity index (χ4n) is 3.07. The van der Waals surface area contributed by atoms with Crippen molar-refractivity contribution in [2.45, 2.75) is 50.9 Å². The van der Waals surface area contributed by atoms with Gasteiger partial charge in [0.25, 0.3) is 0 Å². The van der Waals surface area contributed by atoms with E-state index in [0.717, 1.165) is 19.3 Å². The van der Waals surface area contributed by atoms with Crippen LogP contribution in [0.3, 0.4) is 0 Å². The van der Waals surface area contributed by atoms with Crippen molar-refractivity contribution < 1.29 is 14.3 Å². The predicted molar refractivity (Wildman–Crippen MR) is 61.0 cm³/mol. The number of rotatable bonds is 3. The molecule has 0 spiro atoms. The number of ketones is 1. The number of methoxy groups -OCH3 is 1. The van der Waals surface area contributed by atoms with Gasteiger partial charge < -0.3 is 9.47 Å². The van der Waals surface area contributed by atoms with Gasteiger partial charge in [0.05, 0.1) is 11.5 Å². The number of Topliss-reactive ketones (excluding diaryl/α,β-unsaturated/α-hetero) is 1. The normalized spacial score (nSPS) is 43.1. The first-order valence-corrected chi connectivity index (χ1v) is 5.95. The first-order valence-electron chi connectivity index (χ1n) is 5.95. The number of hydrogen-bond acceptors (Lipinski definition) is 3. The molecule has 1 heterocycles. The van der Waals surface area contributed by atoms with Crippen molar-refractivity contribution >= 4 is 5.78 Å². The van der Waals surface area contributed by atoms with Crippen LogP contribution in [-0.4, -0.2) is 24.8 Å². The Hall–Kier alpha value is -0.670. The number of hydrogen-bond donors (Lipinski definition) is 0. The molecule has 0 unspecified atom stereocenters. The zero-order valence-electron chi connectivity index (χ0n) is 10.1. The van der Waals surface area contributed by atoms with Crippen LogP contribution in [0.1, 0.15) is 39.0 Å². The van der Waals surface area contributed by atoms with Crippen molar-refractivity contribution in [1.29, 1.82) is 0 Å². The molecule has 16 heavy (non-hydrogen) atoms. The highest BCUT2D eigenvalue weighted by Gasteiger charge is 2.61. The van der Waals surface area contributed by atoms with Crippen LogP contribution in [0.5, 0.6) is 0 Å². The summed E-state index contributed by atoms with van der Waals surface area (Å²) in [5.41, 5.74) is -0.445. The van der Waals surface area contributed by atoms with Crippen molar-refractivity contribution in [3.63, 3.8) is 0 Å². The van der Waals surface area contributed by atoms with E-state index in [-0.39, 0.29) is 11.9 Å². The second-order valence-corrected chi connectivity index (χ2v) is 5.02. The summed E-state index contributed by atoms with van der Waals surface area (Å²) in [6.45, 7) is 5.72. The maximum Gasteiger partial charge on any atom is 0.180 e. The fraction of sp³-hybridized carbons (Fsp3) is 0.769. The van der Waals surface area contributed by atoms with Gasteiger partial charge in [0.15, 0.2) is 5.79 Å². The van der Waals surface area contributed by atoms with E-state index < -0.39 is 11.2 Å². The maximum atomic E-state index is 12.0. The summed E-state index contributed by atoms with van der Waals surface area (Å²) >= 11 is 0. The van der Waals surface area contributed by atoms with E-state index in [1.807, 2.05) is 13.0 Å². The molecule has 3 atom stereocenters. The van der Waals surface area contributed by atoms with Gasteiger partial charge in [0.1, 0.15) is 5.78 Å². The van der Waals surface area contributed by atoms with Crippen LogP contribution < -0.4 is 0 Å². The number of ether oxygens (including phenoxy) is 2. The molecule has 2 fully saturated rings. The SMILES string of the molecule is C=CC[C@@H]1CC[C@]2(C)C(=O)CC[C@]2(OC)O1. The van der Waals surface area contributed by atoms with Crippen LogP contribution in [0.25, 0.3) is 0 Å². The van der Waals surface area contributed by atoms with Crippen molar-refractivity contribution in [3.05, 3.63) is 12.7 Å². The molecule has 0 amide bonds. The minimum Gasteiger partial charge on any atom is -0.352 e. The van der Waals surface area contributed by atoms with Crippen LogP contribution in [0.4, 0.5) is 0 Å². The highest BCUT2D eigenvalue weighted by atomic mass is 16.7. The van der Waals surface area contributed by atoms with Gasteiger partial charge in [-0.3, -0.25) is 4.79 Å². The van der Waals surface area contributed by atoms with E-state index in [0.29, 0.717) is 12.8 Å². The minimum absolute atomic E-state index is 0.149. The molecule has 1 aliphatic carbocycles. The highest BCUT2D eigenvalue weighted by Crippen LogP contribution is 2.53. The molecule has 0 aromatic heterocycles. The second-order valence-electron chi connectivity index (χ2n) is 5.02. The first kappa shape index (κ1) is 11.8. The average Bonchev–Trinajstić information content (AvgIpc) is 2.54. The van der Waals surface area contributed by atoms with E-state index in [2.05, 4.69) is 6.58 Å². The summed E-state index contributed by atoms with van der Waals surface area (Å²) in [6, 6.07) is 0. The summed E-state index contributed by atoms with van der Waals surface area (Å²) in [4.78, 5) is 12.0. The molecule has 2 rings (SSSR count). The predicted octanol–water partition coefficient (Wildman–Crippen LogP) is 2.45. The van der Waals surface area contributed by atoms with Crippen LogP contribution in [-0.2, 0) is 14.3 Å². The molecule has 3 heteroatoms. The van der Waals surface area contributed by atoms with E-state index in [1.165, 1.54) is 0 Å². The van der Waals surface area contributed by atoms with Gasteiger partial charge >= 0.3 is 0 Å². The Balaban J connectivity index is 2.24. The molecule has 0 aromatic carbocycles. The van der Waals surface area contributed by atoms with Gasteiger partial charge in [-0.25, -0.2) is 0 Å². The Morgan fingerprint density at radius 3 is 3.00 bits per heavy atom. The highest BCUT2D eigenvalue weighted by molar-refractivity contribution is 5.88. The smallest absolute Gasteiger partial charge is 0.180 e. The molecule has 0 bridgehead atoms. The first-order chi connectivity index (χ1) is 7.58. The maximum absolute atomic E-state index is 12.0. The fourth-order valence-corrected chi connectivity index (χ4v) is 3.07. The summed E-state index contributed by atoms with van der Waals surface area (Å²) in [6.07, 6.45) is 5.88. The van der Waals surface area contributed by atoms with Crippen LogP contribution in [0.15, 0.2) is 12.7 Å². The second kappa shape index (κ2) is 3.97. The quantitative estimate of drug-likeness (QED) is 0.691. The van der Waals surface area contributed by atoms with E-state index in [4.69, 9.17) is 9.47 Å². The van der Waals surface area contributed by atoms with Crippen LogP contribution in [0, 0.1) is 5.41 Å². The standard InChI is InChI=1S/C13H20O3/c1-4-5-10-6-8-12(2)11(14)7-9-13(12,15-3)16-10/h4,10H,1,5-9H2,2-3H3/t10-,12-,13+/m1/s1. The van der Waals surface area contributed by atoms with Gasteiger partial charge in [-0.05, 0) is 26.2 Å². The van der Waals surface area contributed by atoms with Gasteiger partial charge in [-0.2, -0.15) is 0 Å². The minimum atomic E-state index is -0.685. The number of carbonyl (C=O) groups excluding carboxylic acids is 1. The monoisotopic (exact) mass is 224 g/mol. The Labute approximate surface area is 96.8 Å². The molecule has 0 radical (unpaired) electrons. The van der Waals surface area contributed by atoms with E-state index >= 15 is 0 Å². The third-order valence-electron chi connectivity index (χ3n) is 4.22. The van der Waals surface area contributed by atoms with Gasteiger partial charge in [0, 0.05) is 20.0 Å². The molecule has 1 saturated carbocycles. The number of carbonyl (C=O) groups is 1. The van der Waals surface area contributed by atoms with Crippen LogP contribution >= 0.6 is 0 Å². The molecule has 0 aromatic rings. The van der Waals surface area contributed by atoms with Crippen molar-refractivity contribution in [1.82, 2.24) is 0 Å². The summed E-state index contributed by atoms with van der Waals surface area (Å²) in [5.74, 6) is -0.401. The number of fused-ring (bicyclic) bond motifs is 1. The third-order valence-corrected chi connectivity index (χ3v) is 4.22. The molecular weight excluding hydrogens is 204 g/mol. The van der Waals surface area contributed by atoms with Crippen molar-refractivity contribution in [2.75, 3.05) is 7.11 Å². The molecule has 2 aliphatic rings. The lowest BCUT2D eigenvalue weighted by molar-refractivity contribution is -0.307. The lowest BCUT2D eigenvalue weighted by Crippen LogP contribution is -2.54. The Morgan fingerprint density at radius 2 is 2.38 bits per heavy atom. The Kier molecular flexibility index (Phi) is 2.93. The Morgan fingerprint density at radius 1 is 1.62 bits per heavy atom. The van der Waals surface area contributed by atoms with E-state index in [9.17, 15) is 4.79 Å². The van der Waals surface area contributed by atoms with Gasteiger partial charge in [-0.15, -0.1) is 6.58 Å². The molecule has 1 saturated heterocycles. The lowest BCUT2D eigenvalue weighted by atomic mass is 9.75. The average molecular weight is 224 g/mol. The zero-order chi connectivity index (χ0) is 11.8. The molecule has 3 nitrogen and oxygen atoms in total. The Bertz CT molecular complexity index is 312. The zero-order valence-corrected chi connectivity index (χ0v) is 10.1. The third kappa shape index (κ3) is 1.45.